The van der Waals surface area contributed by atoms with Gasteiger partial charge in [0.1, 0.15) is 0 Å². The van der Waals surface area contributed by atoms with Crippen molar-refractivity contribution in [2.75, 3.05) is 0 Å². The fraction of sp³-hybridized carbons (Fsp3) is 0.900. The van der Waals surface area contributed by atoms with E-state index in [0.29, 0.717) is 11.8 Å². The number of aliphatic carboxylic acids is 1. The summed E-state index contributed by atoms with van der Waals surface area (Å²) in [5.74, 6) is -0.675. The van der Waals surface area contributed by atoms with Crippen LogP contribution >= 0.6 is 0 Å². The SMILES string of the molecule is CC(C)(C)CCCCCC(=O)O.OB(O)O. The summed E-state index contributed by atoms with van der Waals surface area (Å²) in [7, 11) is -2.17. The maximum absolute atomic E-state index is 10.2. The second kappa shape index (κ2) is 9.63. The van der Waals surface area contributed by atoms with Crippen LogP contribution in [0, 0.1) is 5.41 Å². The number of carboxylic acids is 1. The van der Waals surface area contributed by atoms with Gasteiger partial charge in [0.15, 0.2) is 0 Å². The molecule has 0 aliphatic carbocycles. The van der Waals surface area contributed by atoms with Crippen LogP contribution in [0.3, 0.4) is 0 Å². The molecule has 0 aromatic rings. The molecule has 0 aliphatic heterocycles. The number of carboxylic acid groups (broad SMARTS) is 1. The molecule has 0 saturated carbocycles. The summed E-state index contributed by atoms with van der Waals surface area (Å²) >= 11 is 0. The van der Waals surface area contributed by atoms with Crippen LogP contribution in [0.5, 0.6) is 0 Å². The van der Waals surface area contributed by atoms with Crippen molar-refractivity contribution in [1.29, 1.82) is 0 Å². The molecule has 6 heteroatoms. The van der Waals surface area contributed by atoms with Crippen molar-refractivity contribution < 1.29 is 25.0 Å². The van der Waals surface area contributed by atoms with Crippen LogP contribution in [-0.2, 0) is 4.79 Å². The Morgan fingerprint density at radius 3 is 1.81 bits per heavy atom. The summed E-state index contributed by atoms with van der Waals surface area (Å²) in [4.78, 5) is 10.2. The number of hydrogen-bond acceptors (Lipinski definition) is 4. The number of hydrogen-bond donors (Lipinski definition) is 4. The minimum absolute atomic E-state index is 0.324. The van der Waals surface area contributed by atoms with E-state index in [-0.39, 0.29) is 0 Å². The first-order valence-corrected chi connectivity index (χ1v) is 5.41. The van der Waals surface area contributed by atoms with E-state index < -0.39 is 13.3 Å². The number of rotatable bonds is 5. The van der Waals surface area contributed by atoms with Gasteiger partial charge in [0.2, 0.25) is 0 Å². The molecule has 5 nitrogen and oxygen atoms in total. The Morgan fingerprint density at radius 1 is 1.06 bits per heavy atom. The second-order valence-electron chi connectivity index (χ2n) is 4.86. The Kier molecular flexibility index (Phi) is 10.7. The van der Waals surface area contributed by atoms with Crippen LogP contribution in [0.4, 0.5) is 0 Å². The highest BCUT2D eigenvalue weighted by Crippen LogP contribution is 2.22. The third-order valence-electron chi connectivity index (χ3n) is 1.82. The monoisotopic (exact) mass is 234 g/mol. The third-order valence-corrected chi connectivity index (χ3v) is 1.82. The molecule has 0 rings (SSSR count). The minimum atomic E-state index is -2.17. The summed E-state index contributed by atoms with van der Waals surface area (Å²) in [6.45, 7) is 6.64. The molecule has 0 aliphatic rings. The summed E-state index contributed by atoms with van der Waals surface area (Å²) in [6, 6.07) is 0. The van der Waals surface area contributed by atoms with Gasteiger partial charge in [-0.15, -0.1) is 0 Å². The Morgan fingerprint density at radius 2 is 1.50 bits per heavy atom. The fourth-order valence-electron chi connectivity index (χ4n) is 1.11. The standard InChI is InChI=1S/C10H20O2.BH3O3/c1-10(2,3)8-6-4-5-7-9(11)12;2-1(3)4/h4-8H2,1-3H3,(H,11,12);2-4H. The number of carbonyl (C=O) groups is 1. The summed E-state index contributed by atoms with van der Waals surface area (Å²) in [6.07, 6.45) is 4.53. The molecule has 0 fully saturated rings. The van der Waals surface area contributed by atoms with Gasteiger partial charge in [-0.3, -0.25) is 4.79 Å². The van der Waals surface area contributed by atoms with Crippen molar-refractivity contribution in [3.05, 3.63) is 0 Å². The van der Waals surface area contributed by atoms with E-state index in [2.05, 4.69) is 20.8 Å². The molecule has 4 N–H and O–H groups in total. The van der Waals surface area contributed by atoms with Crippen LogP contribution in [-0.4, -0.2) is 33.5 Å². The van der Waals surface area contributed by atoms with Gasteiger partial charge in [0.25, 0.3) is 0 Å². The zero-order chi connectivity index (χ0) is 13.2. The molecule has 0 unspecified atom stereocenters. The highest BCUT2D eigenvalue weighted by molar-refractivity contribution is 6.30. The lowest BCUT2D eigenvalue weighted by molar-refractivity contribution is -0.137. The molecular formula is C10H23BO5. The Labute approximate surface area is 97.3 Å². The van der Waals surface area contributed by atoms with Gasteiger partial charge < -0.3 is 20.2 Å². The largest absolute Gasteiger partial charge is 0.631 e. The van der Waals surface area contributed by atoms with E-state index in [1.165, 1.54) is 6.42 Å². The predicted molar refractivity (Wildman–Crippen MR) is 62.6 cm³/mol. The Hall–Kier alpha value is -0.585. The molecule has 0 bridgehead atoms. The van der Waals surface area contributed by atoms with Crippen LogP contribution < -0.4 is 0 Å². The van der Waals surface area contributed by atoms with E-state index >= 15 is 0 Å². The van der Waals surface area contributed by atoms with E-state index in [1.54, 1.807) is 0 Å². The van der Waals surface area contributed by atoms with Crippen LogP contribution in [0.1, 0.15) is 52.9 Å². The lowest BCUT2D eigenvalue weighted by atomic mass is 9.89. The average molecular weight is 234 g/mol. The van der Waals surface area contributed by atoms with Gasteiger partial charge in [-0.2, -0.15) is 0 Å². The van der Waals surface area contributed by atoms with E-state index in [9.17, 15) is 4.79 Å². The van der Waals surface area contributed by atoms with Gasteiger partial charge in [0, 0.05) is 6.42 Å². The smallest absolute Gasteiger partial charge is 0.481 e. The Balaban J connectivity index is 0. The fourth-order valence-corrected chi connectivity index (χ4v) is 1.11. The molecule has 0 heterocycles. The first-order valence-electron chi connectivity index (χ1n) is 5.41. The van der Waals surface area contributed by atoms with Crippen molar-refractivity contribution in [3.8, 4) is 0 Å². The van der Waals surface area contributed by atoms with Crippen LogP contribution in [0.15, 0.2) is 0 Å². The predicted octanol–water partition coefficient (Wildman–Crippen LogP) is 1.02. The van der Waals surface area contributed by atoms with Crippen molar-refractivity contribution in [3.63, 3.8) is 0 Å². The van der Waals surface area contributed by atoms with Gasteiger partial charge >= 0.3 is 13.3 Å². The zero-order valence-electron chi connectivity index (χ0n) is 10.3. The maximum atomic E-state index is 10.2. The molecule has 0 radical (unpaired) electrons. The van der Waals surface area contributed by atoms with Crippen molar-refractivity contribution in [2.24, 2.45) is 5.41 Å². The van der Waals surface area contributed by atoms with Crippen molar-refractivity contribution >= 4 is 13.3 Å². The van der Waals surface area contributed by atoms with E-state index in [4.69, 9.17) is 20.2 Å². The summed E-state index contributed by atoms with van der Waals surface area (Å²) in [5.41, 5.74) is 0.392. The zero-order valence-corrected chi connectivity index (χ0v) is 10.3. The quantitative estimate of drug-likeness (QED) is 0.420. The first kappa shape index (κ1) is 17.8. The van der Waals surface area contributed by atoms with Gasteiger partial charge in [0.05, 0.1) is 0 Å². The summed E-state index contributed by atoms with van der Waals surface area (Å²) < 4.78 is 0. The van der Waals surface area contributed by atoms with Crippen molar-refractivity contribution in [1.82, 2.24) is 0 Å². The minimum Gasteiger partial charge on any atom is -0.481 e. The highest BCUT2D eigenvalue weighted by atomic mass is 16.5. The summed E-state index contributed by atoms with van der Waals surface area (Å²) in [5, 5.41) is 29.9. The molecule has 0 aromatic carbocycles. The molecule has 0 saturated heterocycles. The second-order valence-corrected chi connectivity index (χ2v) is 4.86. The Bertz CT molecular complexity index is 174. The average Bonchev–Trinajstić information content (AvgIpc) is 1.99. The molecule has 0 atom stereocenters. The molecule has 0 aromatic heterocycles. The van der Waals surface area contributed by atoms with E-state index in [1.807, 2.05) is 0 Å². The van der Waals surface area contributed by atoms with Crippen molar-refractivity contribution in [2.45, 2.75) is 52.9 Å². The molecule has 96 valence electrons. The van der Waals surface area contributed by atoms with Gasteiger partial charge in [-0.1, -0.05) is 33.6 Å². The molecule has 0 spiro atoms. The first-order chi connectivity index (χ1) is 7.15. The number of unbranched alkanes of at least 4 members (excludes halogenated alkanes) is 2. The normalized spacial score (nSPS) is 10.4. The van der Waals surface area contributed by atoms with Gasteiger partial charge in [-0.25, -0.2) is 0 Å². The van der Waals surface area contributed by atoms with Crippen LogP contribution in [0.2, 0.25) is 0 Å². The molecular weight excluding hydrogens is 211 g/mol. The lowest BCUT2D eigenvalue weighted by Crippen LogP contribution is -2.07. The lowest BCUT2D eigenvalue weighted by Gasteiger charge is -2.17. The van der Waals surface area contributed by atoms with Gasteiger partial charge in [-0.05, 0) is 18.3 Å². The highest BCUT2D eigenvalue weighted by Gasteiger charge is 2.08. The maximum Gasteiger partial charge on any atom is 0.631 e. The third kappa shape index (κ3) is 29.2. The molecule has 0 amide bonds. The molecule has 16 heavy (non-hydrogen) atoms. The van der Waals surface area contributed by atoms with E-state index in [0.717, 1.165) is 19.3 Å². The topological polar surface area (TPSA) is 98.0 Å². The van der Waals surface area contributed by atoms with Crippen LogP contribution in [0.25, 0.3) is 0 Å².